The van der Waals surface area contributed by atoms with E-state index < -0.39 is 0 Å². The van der Waals surface area contributed by atoms with E-state index >= 15 is 0 Å². The molecule has 0 bridgehead atoms. The molecule has 17 heavy (non-hydrogen) atoms. The molecule has 0 saturated carbocycles. The number of rotatable bonds is 6. The SMILES string of the molecule is CC(CO)CNC(=O)C(S)Cc1ccccc1. The maximum atomic E-state index is 11.7. The summed E-state index contributed by atoms with van der Waals surface area (Å²) in [6.07, 6.45) is 0.614. The van der Waals surface area contributed by atoms with Gasteiger partial charge in [-0.25, -0.2) is 0 Å². The Morgan fingerprint density at radius 1 is 1.41 bits per heavy atom. The number of carbonyl (C=O) groups excluding carboxylic acids is 1. The Hall–Kier alpha value is -1.00. The lowest BCUT2D eigenvalue weighted by Gasteiger charge is -2.14. The molecule has 4 heteroatoms. The number of benzene rings is 1. The molecular weight excluding hydrogens is 234 g/mol. The Balaban J connectivity index is 2.37. The summed E-state index contributed by atoms with van der Waals surface area (Å²) in [5.41, 5.74) is 1.10. The fraction of sp³-hybridized carbons (Fsp3) is 0.462. The van der Waals surface area contributed by atoms with Crippen LogP contribution in [-0.4, -0.2) is 29.4 Å². The zero-order valence-electron chi connectivity index (χ0n) is 9.97. The van der Waals surface area contributed by atoms with Crippen LogP contribution in [0.25, 0.3) is 0 Å². The lowest BCUT2D eigenvalue weighted by molar-refractivity contribution is -0.120. The first-order valence-electron chi connectivity index (χ1n) is 5.74. The van der Waals surface area contributed by atoms with E-state index in [-0.39, 0.29) is 23.7 Å². The van der Waals surface area contributed by atoms with Gasteiger partial charge in [0.05, 0.1) is 5.25 Å². The number of hydrogen-bond acceptors (Lipinski definition) is 3. The predicted octanol–water partition coefficient (Wildman–Crippen LogP) is 1.27. The molecule has 0 aliphatic rings. The normalized spacial score (nSPS) is 14.1. The minimum absolute atomic E-state index is 0.0796. The number of amides is 1. The van der Waals surface area contributed by atoms with Crippen LogP contribution < -0.4 is 5.32 Å². The monoisotopic (exact) mass is 253 g/mol. The molecule has 94 valence electrons. The highest BCUT2D eigenvalue weighted by atomic mass is 32.1. The standard InChI is InChI=1S/C13H19NO2S/c1-10(9-15)8-14-13(16)12(17)7-11-5-3-2-4-6-11/h2-6,10,12,15,17H,7-9H2,1H3,(H,14,16). The van der Waals surface area contributed by atoms with Crippen molar-refractivity contribution in [2.75, 3.05) is 13.2 Å². The maximum absolute atomic E-state index is 11.7. The number of hydrogen-bond donors (Lipinski definition) is 3. The van der Waals surface area contributed by atoms with Crippen LogP contribution in [0.1, 0.15) is 12.5 Å². The predicted molar refractivity (Wildman–Crippen MR) is 72.2 cm³/mol. The molecule has 0 aromatic heterocycles. The number of thiol groups is 1. The minimum atomic E-state index is -0.344. The molecule has 2 unspecified atom stereocenters. The fourth-order valence-corrected chi connectivity index (χ4v) is 1.69. The first-order valence-corrected chi connectivity index (χ1v) is 6.25. The van der Waals surface area contributed by atoms with Crippen molar-refractivity contribution >= 4 is 18.5 Å². The largest absolute Gasteiger partial charge is 0.396 e. The van der Waals surface area contributed by atoms with Gasteiger partial charge in [0.15, 0.2) is 0 Å². The van der Waals surface area contributed by atoms with E-state index in [2.05, 4.69) is 17.9 Å². The summed E-state index contributed by atoms with van der Waals surface area (Å²) in [7, 11) is 0. The molecule has 1 rings (SSSR count). The Kier molecular flexibility index (Phi) is 6.08. The van der Waals surface area contributed by atoms with Crippen molar-refractivity contribution in [3.63, 3.8) is 0 Å². The van der Waals surface area contributed by atoms with Crippen molar-refractivity contribution in [2.24, 2.45) is 5.92 Å². The lowest BCUT2D eigenvalue weighted by atomic mass is 10.1. The fourth-order valence-electron chi connectivity index (χ4n) is 1.39. The van der Waals surface area contributed by atoms with Gasteiger partial charge in [0, 0.05) is 13.2 Å². The first-order chi connectivity index (χ1) is 8.13. The minimum Gasteiger partial charge on any atom is -0.396 e. The van der Waals surface area contributed by atoms with Crippen molar-refractivity contribution < 1.29 is 9.90 Å². The van der Waals surface area contributed by atoms with Gasteiger partial charge in [-0.3, -0.25) is 4.79 Å². The van der Waals surface area contributed by atoms with Crippen LogP contribution in [0.2, 0.25) is 0 Å². The number of nitrogens with one attached hydrogen (secondary N) is 1. The van der Waals surface area contributed by atoms with E-state index in [1.54, 1.807) is 0 Å². The Bertz CT molecular complexity index is 343. The van der Waals surface area contributed by atoms with Crippen LogP contribution in [0.5, 0.6) is 0 Å². The second-order valence-electron chi connectivity index (χ2n) is 4.24. The van der Waals surface area contributed by atoms with Crippen LogP contribution >= 0.6 is 12.6 Å². The van der Waals surface area contributed by atoms with Gasteiger partial charge >= 0.3 is 0 Å². The zero-order chi connectivity index (χ0) is 12.7. The summed E-state index contributed by atoms with van der Waals surface area (Å²) in [4.78, 5) is 11.7. The second kappa shape index (κ2) is 7.35. The molecule has 2 N–H and O–H groups in total. The van der Waals surface area contributed by atoms with E-state index in [9.17, 15) is 4.79 Å². The lowest BCUT2D eigenvalue weighted by Crippen LogP contribution is -2.36. The first kappa shape index (κ1) is 14.1. The molecule has 0 spiro atoms. The van der Waals surface area contributed by atoms with Gasteiger partial charge < -0.3 is 10.4 Å². The molecular formula is C13H19NO2S. The van der Waals surface area contributed by atoms with Crippen molar-refractivity contribution in [1.29, 1.82) is 0 Å². The number of aliphatic hydroxyl groups excluding tert-OH is 1. The molecule has 1 aromatic carbocycles. The van der Waals surface area contributed by atoms with Gasteiger partial charge in [-0.05, 0) is 17.9 Å². The summed E-state index contributed by atoms with van der Waals surface area (Å²) in [5.74, 6) is -0.00584. The van der Waals surface area contributed by atoms with E-state index in [4.69, 9.17) is 5.11 Å². The Morgan fingerprint density at radius 3 is 2.65 bits per heavy atom. The zero-order valence-corrected chi connectivity index (χ0v) is 10.9. The molecule has 1 amide bonds. The summed E-state index contributed by atoms with van der Waals surface area (Å²) < 4.78 is 0. The molecule has 3 nitrogen and oxygen atoms in total. The van der Waals surface area contributed by atoms with Gasteiger partial charge in [-0.15, -0.1) is 0 Å². The molecule has 0 radical (unpaired) electrons. The Morgan fingerprint density at radius 2 is 2.06 bits per heavy atom. The molecule has 2 atom stereocenters. The highest BCUT2D eigenvalue weighted by Crippen LogP contribution is 2.07. The molecule has 0 fully saturated rings. The highest BCUT2D eigenvalue weighted by molar-refractivity contribution is 7.81. The summed E-state index contributed by atoms with van der Waals surface area (Å²) in [5, 5.41) is 11.3. The summed E-state index contributed by atoms with van der Waals surface area (Å²) in [6.45, 7) is 2.45. The third-order valence-corrected chi connectivity index (χ3v) is 2.93. The highest BCUT2D eigenvalue weighted by Gasteiger charge is 2.14. The van der Waals surface area contributed by atoms with Crippen molar-refractivity contribution in [1.82, 2.24) is 5.32 Å². The molecule has 0 saturated heterocycles. The summed E-state index contributed by atoms with van der Waals surface area (Å²) >= 11 is 4.29. The number of aliphatic hydroxyl groups is 1. The van der Waals surface area contributed by atoms with Crippen molar-refractivity contribution in [3.05, 3.63) is 35.9 Å². The smallest absolute Gasteiger partial charge is 0.233 e. The van der Waals surface area contributed by atoms with Crippen LogP contribution in [0, 0.1) is 5.92 Å². The average molecular weight is 253 g/mol. The number of carbonyl (C=O) groups is 1. The molecule has 0 aliphatic heterocycles. The van der Waals surface area contributed by atoms with Crippen molar-refractivity contribution in [2.45, 2.75) is 18.6 Å². The summed E-state index contributed by atoms with van der Waals surface area (Å²) in [6, 6.07) is 9.79. The third kappa shape index (κ3) is 5.24. The van der Waals surface area contributed by atoms with Crippen LogP contribution in [0.15, 0.2) is 30.3 Å². The van der Waals surface area contributed by atoms with E-state index in [1.165, 1.54) is 0 Å². The van der Waals surface area contributed by atoms with Crippen LogP contribution in [0.3, 0.4) is 0 Å². The maximum Gasteiger partial charge on any atom is 0.233 e. The average Bonchev–Trinajstić information content (AvgIpc) is 2.36. The Labute approximate surface area is 108 Å². The van der Waals surface area contributed by atoms with Crippen LogP contribution in [-0.2, 0) is 11.2 Å². The van der Waals surface area contributed by atoms with Gasteiger partial charge in [0.2, 0.25) is 5.91 Å². The van der Waals surface area contributed by atoms with Gasteiger partial charge in [-0.1, -0.05) is 37.3 Å². The molecule has 0 heterocycles. The van der Waals surface area contributed by atoms with E-state index in [0.717, 1.165) is 5.56 Å². The molecule has 0 aliphatic carbocycles. The van der Waals surface area contributed by atoms with Gasteiger partial charge in [0.25, 0.3) is 0 Å². The molecule has 1 aromatic rings. The van der Waals surface area contributed by atoms with Gasteiger partial charge in [-0.2, -0.15) is 12.6 Å². The van der Waals surface area contributed by atoms with Crippen molar-refractivity contribution in [3.8, 4) is 0 Å². The van der Waals surface area contributed by atoms with Gasteiger partial charge in [0.1, 0.15) is 0 Å². The second-order valence-corrected chi connectivity index (χ2v) is 4.86. The van der Waals surface area contributed by atoms with E-state index in [0.29, 0.717) is 13.0 Å². The topological polar surface area (TPSA) is 49.3 Å². The van der Waals surface area contributed by atoms with Crippen LogP contribution in [0.4, 0.5) is 0 Å². The quantitative estimate of drug-likeness (QED) is 0.669. The van der Waals surface area contributed by atoms with E-state index in [1.807, 2.05) is 37.3 Å². The third-order valence-electron chi connectivity index (χ3n) is 2.51.